The minimum absolute atomic E-state index is 0.195. The molecule has 0 saturated carbocycles. The molecule has 2 aromatic carbocycles. The molecule has 0 aliphatic heterocycles. The van der Waals surface area contributed by atoms with E-state index in [1.807, 2.05) is 49.5 Å². The molecule has 8 nitrogen and oxygen atoms in total. The summed E-state index contributed by atoms with van der Waals surface area (Å²) >= 11 is 1.23. The molecule has 0 N–H and O–H groups in total. The van der Waals surface area contributed by atoms with Gasteiger partial charge in [0.05, 0.1) is 16.8 Å². The molecule has 0 aliphatic carbocycles. The van der Waals surface area contributed by atoms with Gasteiger partial charge in [-0.15, -0.1) is 5.10 Å². The van der Waals surface area contributed by atoms with Crippen molar-refractivity contribution in [2.45, 2.75) is 13.3 Å². The van der Waals surface area contributed by atoms with E-state index in [4.69, 9.17) is 9.84 Å². The van der Waals surface area contributed by atoms with Gasteiger partial charge in [0.2, 0.25) is 4.96 Å². The number of aromatic nitrogens is 6. The Morgan fingerprint density at radius 1 is 1.05 bits per heavy atom. The first kappa shape index (κ1) is 23.7. The highest BCUT2D eigenvalue weighted by atomic mass is 32.1. The molecule has 0 saturated heterocycles. The molecule has 10 heteroatoms. The summed E-state index contributed by atoms with van der Waals surface area (Å²) in [6.45, 7) is 2.40. The fourth-order valence-corrected chi connectivity index (χ4v) is 4.90. The average Bonchev–Trinajstić information content (AvgIpc) is 3.64. The summed E-state index contributed by atoms with van der Waals surface area (Å²) in [5, 5.41) is 9.12. The predicted molar refractivity (Wildman–Crippen MR) is 144 cm³/mol. The van der Waals surface area contributed by atoms with Crippen LogP contribution in [0.3, 0.4) is 0 Å². The number of fused-ring (bicyclic) bond motifs is 1. The highest BCUT2D eigenvalue weighted by molar-refractivity contribution is 7.15. The number of ether oxygens (including phenoxy) is 1. The summed E-state index contributed by atoms with van der Waals surface area (Å²) in [4.78, 5) is 22.3. The molecule has 0 atom stereocenters. The van der Waals surface area contributed by atoms with Crippen molar-refractivity contribution in [2.24, 2.45) is 0 Å². The van der Waals surface area contributed by atoms with Gasteiger partial charge >= 0.3 is 0 Å². The lowest BCUT2D eigenvalue weighted by molar-refractivity contribution is 0.301. The second kappa shape index (κ2) is 9.98. The lowest BCUT2D eigenvalue weighted by atomic mass is 10.1. The Bertz CT molecular complexity index is 1850. The van der Waals surface area contributed by atoms with Gasteiger partial charge in [-0.3, -0.25) is 9.78 Å². The van der Waals surface area contributed by atoms with Crippen molar-refractivity contribution in [3.63, 3.8) is 0 Å². The first-order valence-electron chi connectivity index (χ1n) is 12.0. The van der Waals surface area contributed by atoms with Crippen LogP contribution in [0.2, 0.25) is 0 Å². The third-order valence-corrected chi connectivity index (χ3v) is 6.78. The maximum atomic E-state index is 14.8. The maximum absolute atomic E-state index is 14.8. The van der Waals surface area contributed by atoms with Crippen LogP contribution < -0.4 is 14.8 Å². The molecule has 6 aromatic rings. The Hall–Kier alpha value is -4.70. The number of rotatable bonds is 7. The van der Waals surface area contributed by atoms with Gasteiger partial charge in [-0.1, -0.05) is 36.5 Å². The van der Waals surface area contributed by atoms with Gasteiger partial charge in [0.1, 0.15) is 5.69 Å². The highest BCUT2D eigenvalue weighted by Gasteiger charge is 2.16. The molecule has 0 radical (unpaired) electrons. The number of benzene rings is 2. The number of para-hydroxylation sites is 1. The SMILES string of the molecule is CCCOc1ccc(-c2nn(-c3ccccc3)cc2C=c2sc3nc(-c4cccnc4)nn3c2=O)cc1F. The van der Waals surface area contributed by atoms with E-state index in [1.54, 1.807) is 41.4 Å². The topological polar surface area (TPSA) is 87.2 Å². The third kappa shape index (κ3) is 4.46. The quantitative estimate of drug-likeness (QED) is 0.305. The molecular formula is C28H21FN6O2S. The Kier molecular flexibility index (Phi) is 6.22. The summed E-state index contributed by atoms with van der Waals surface area (Å²) in [6, 6.07) is 18.0. The number of halogens is 1. The van der Waals surface area contributed by atoms with Crippen LogP contribution in [0, 0.1) is 5.82 Å². The van der Waals surface area contributed by atoms with Gasteiger partial charge in [0.15, 0.2) is 17.4 Å². The Labute approximate surface area is 220 Å². The zero-order valence-electron chi connectivity index (χ0n) is 20.3. The van der Waals surface area contributed by atoms with E-state index < -0.39 is 5.82 Å². The van der Waals surface area contributed by atoms with Crippen molar-refractivity contribution in [1.29, 1.82) is 0 Å². The van der Waals surface area contributed by atoms with Crippen molar-refractivity contribution < 1.29 is 9.13 Å². The monoisotopic (exact) mass is 524 g/mol. The number of hydrogen-bond acceptors (Lipinski definition) is 7. The first-order valence-corrected chi connectivity index (χ1v) is 12.8. The molecule has 4 heterocycles. The Balaban J connectivity index is 1.46. The number of pyridine rings is 1. The lowest BCUT2D eigenvalue weighted by Gasteiger charge is -2.07. The summed E-state index contributed by atoms with van der Waals surface area (Å²) in [6.07, 6.45) is 7.66. The van der Waals surface area contributed by atoms with Crippen LogP contribution in [0.5, 0.6) is 5.75 Å². The second-order valence-corrected chi connectivity index (χ2v) is 9.50. The molecule has 188 valence electrons. The number of nitrogens with zero attached hydrogens (tertiary/aromatic N) is 6. The molecule has 4 aromatic heterocycles. The van der Waals surface area contributed by atoms with Gasteiger partial charge in [-0.05, 0) is 55.0 Å². The van der Waals surface area contributed by atoms with Gasteiger partial charge in [0.25, 0.3) is 5.56 Å². The fraction of sp³-hybridized carbons (Fsp3) is 0.107. The zero-order valence-corrected chi connectivity index (χ0v) is 21.1. The van der Waals surface area contributed by atoms with Crippen LogP contribution in [-0.4, -0.2) is 36.0 Å². The molecule has 0 spiro atoms. The van der Waals surface area contributed by atoms with E-state index >= 15 is 0 Å². The molecule has 0 amide bonds. The summed E-state index contributed by atoms with van der Waals surface area (Å²) < 4.78 is 23.8. The van der Waals surface area contributed by atoms with Gasteiger partial charge in [-0.25, -0.2) is 9.07 Å². The Morgan fingerprint density at radius 2 is 1.92 bits per heavy atom. The molecule has 0 fully saturated rings. The van der Waals surface area contributed by atoms with E-state index in [1.165, 1.54) is 21.9 Å². The van der Waals surface area contributed by atoms with Crippen molar-refractivity contribution in [2.75, 3.05) is 6.61 Å². The minimum atomic E-state index is -0.470. The van der Waals surface area contributed by atoms with E-state index in [2.05, 4.69) is 15.1 Å². The van der Waals surface area contributed by atoms with Crippen molar-refractivity contribution in [3.05, 3.63) is 106 Å². The van der Waals surface area contributed by atoms with Crippen LogP contribution in [0.15, 0.2) is 84.0 Å². The van der Waals surface area contributed by atoms with Crippen molar-refractivity contribution >= 4 is 22.4 Å². The van der Waals surface area contributed by atoms with Crippen LogP contribution >= 0.6 is 11.3 Å². The van der Waals surface area contributed by atoms with Crippen LogP contribution in [0.1, 0.15) is 18.9 Å². The van der Waals surface area contributed by atoms with Crippen molar-refractivity contribution in [3.8, 4) is 34.1 Å². The van der Waals surface area contributed by atoms with Gasteiger partial charge in [0, 0.05) is 35.3 Å². The number of hydrogen-bond donors (Lipinski definition) is 0. The number of thiazole rings is 1. The standard InChI is InChI=1S/C28H21FN6O2S/c1-2-13-37-23-11-10-18(14-22(23)29)25-20(17-34(32-25)21-8-4-3-5-9-21)15-24-27(36)35-28(38-24)31-26(33-35)19-7-6-12-30-16-19/h3-12,14-17H,2,13H2,1H3. The molecule has 6 rings (SSSR count). The largest absolute Gasteiger partial charge is 0.491 e. The minimum Gasteiger partial charge on any atom is -0.491 e. The van der Waals surface area contributed by atoms with E-state index in [0.29, 0.717) is 38.7 Å². The van der Waals surface area contributed by atoms with Crippen LogP contribution in [0.4, 0.5) is 4.39 Å². The van der Waals surface area contributed by atoms with E-state index in [-0.39, 0.29) is 11.3 Å². The first-order chi connectivity index (χ1) is 18.6. The van der Waals surface area contributed by atoms with Gasteiger partial charge < -0.3 is 4.74 Å². The summed E-state index contributed by atoms with van der Waals surface area (Å²) in [7, 11) is 0. The van der Waals surface area contributed by atoms with E-state index in [9.17, 15) is 9.18 Å². The predicted octanol–water partition coefficient (Wildman–Crippen LogP) is 4.54. The maximum Gasteiger partial charge on any atom is 0.291 e. The third-order valence-electron chi connectivity index (χ3n) is 5.82. The zero-order chi connectivity index (χ0) is 26.1. The lowest BCUT2D eigenvalue weighted by Crippen LogP contribution is -2.23. The van der Waals surface area contributed by atoms with Crippen LogP contribution in [-0.2, 0) is 0 Å². The molecule has 0 unspecified atom stereocenters. The molecule has 0 aliphatic rings. The molecular weight excluding hydrogens is 503 g/mol. The van der Waals surface area contributed by atoms with Gasteiger partial charge in [-0.2, -0.15) is 14.6 Å². The average molecular weight is 525 g/mol. The summed E-state index contributed by atoms with van der Waals surface area (Å²) in [5.41, 5.74) is 3.03. The fourth-order valence-electron chi connectivity index (χ4n) is 4.00. The van der Waals surface area contributed by atoms with Crippen LogP contribution in [0.25, 0.3) is 39.4 Å². The van der Waals surface area contributed by atoms with E-state index in [0.717, 1.165) is 17.7 Å². The second-order valence-electron chi connectivity index (χ2n) is 8.49. The highest BCUT2D eigenvalue weighted by Crippen LogP contribution is 2.29. The Morgan fingerprint density at radius 3 is 2.66 bits per heavy atom. The normalized spacial score (nSPS) is 11.9. The summed E-state index contributed by atoms with van der Waals surface area (Å²) in [5.74, 6) is 0.161. The molecule has 38 heavy (non-hydrogen) atoms. The van der Waals surface area contributed by atoms with Crippen molar-refractivity contribution in [1.82, 2.24) is 29.4 Å². The smallest absolute Gasteiger partial charge is 0.291 e. The molecule has 0 bridgehead atoms.